The SMILES string of the molecule is N#Cc1cc(Br)ccc1Nc1ccc(Br)cc1. The summed E-state index contributed by atoms with van der Waals surface area (Å²) in [7, 11) is 0. The topological polar surface area (TPSA) is 35.8 Å². The number of rotatable bonds is 2. The van der Waals surface area contributed by atoms with E-state index in [-0.39, 0.29) is 0 Å². The molecule has 0 heterocycles. The van der Waals surface area contributed by atoms with Crippen molar-refractivity contribution in [2.75, 3.05) is 5.32 Å². The Bertz CT molecular complexity index is 571. The Morgan fingerprint density at radius 3 is 2.24 bits per heavy atom. The molecule has 1 N–H and O–H groups in total. The van der Waals surface area contributed by atoms with E-state index < -0.39 is 0 Å². The van der Waals surface area contributed by atoms with Crippen molar-refractivity contribution in [2.45, 2.75) is 0 Å². The summed E-state index contributed by atoms with van der Waals surface area (Å²) >= 11 is 6.73. The maximum absolute atomic E-state index is 9.05. The molecule has 0 bridgehead atoms. The summed E-state index contributed by atoms with van der Waals surface area (Å²) in [5.74, 6) is 0. The molecule has 0 saturated carbocycles. The van der Waals surface area contributed by atoms with Crippen molar-refractivity contribution in [3.8, 4) is 6.07 Å². The molecule has 0 aliphatic heterocycles. The maximum Gasteiger partial charge on any atom is 0.101 e. The highest BCUT2D eigenvalue weighted by Gasteiger charge is 2.02. The fourth-order valence-corrected chi connectivity index (χ4v) is 2.03. The zero-order chi connectivity index (χ0) is 12.3. The van der Waals surface area contributed by atoms with Crippen LogP contribution in [0.4, 0.5) is 11.4 Å². The van der Waals surface area contributed by atoms with Crippen LogP contribution < -0.4 is 5.32 Å². The summed E-state index contributed by atoms with van der Waals surface area (Å²) in [4.78, 5) is 0. The van der Waals surface area contributed by atoms with E-state index in [1.54, 1.807) is 6.07 Å². The second-order valence-corrected chi connectivity index (χ2v) is 5.26. The first-order valence-corrected chi connectivity index (χ1v) is 6.50. The predicted octanol–water partition coefficient (Wildman–Crippen LogP) is 4.83. The lowest BCUT2D eigenvalue weighted by atomic mass is 10.2. The smallest absolute Gasteiger partial charge is 0.101 e. The van der Waals surface area contributed by atoms with Gasteiger partial charge in [0.05, 0.1) is 11.3 Å². The molecular weight excluding hydrogens is 344 g/mol. The second kappa shape index (κ2) is 5.35. The number of halogens is 2. The summed E-state index contributed by atoms with van der Waals surface area (Å²) in [6, 6.07) is 15.6. The first kappa shape index (κ1) is 12.2. The number of benzene rings is 2. The minimum absolute atomic E-state index is 0.613. The lowest BCUT2D eigenvalue weighted by molar-refractivity contribution is 1.45. The molecule has 17 heavy (non-hydrogen) atoms. The minimum Gasteiger partial charge on any atom is -0.354 e. The van der Waals surface area contributed by atoms with Crippen LogP contribution in [0.15, 0.2) is 51.4 Å². The Morgan fingerprint density at radius 2 is 1.59 bits per heavy atom. The van der Waals surface area contributed by atoms with Gasteiger partial charge >= 0.3 is 0 Å². The molecule has 0 unspecified atom stereocenters. The van der Waals surface area contributed by atoms with Crippen LogP contribution in [0.3, 0.4) is 0 Å². The average molecular weight is 352 g/mol. The van der Waals surface area contributed by atoms with Crippen LogP contribution >= 0.6 is 31.9 Å². The van der Waals surface area contributed by atoms with Crippen LogP contribution in [0.5, 0.6) is 0 Å². The van der Waals surface area contributed by atoms with E-state index in [1.807, 2.05) is 36.4 Å². The number of anilines is 2. The molecule has 0 aliphatic carbocycles. The van der Waals surface area contributed by atoms with Crippen LogP contribution in [0.25, 0.3) is 0 Å². The van der Waals surface area contributed by atoms with E-state index in [4.69, 9.17) is 5.26 Å². The maximum atomic E-state index is 9.05. The van der Waals surface area contributed by atoms with Crippen LogP contribution in [-0.4, -0.2) is 0 Å². The number of nitrogens with zero attached hydrogens (tertiary/aromatic N) is 1. The Kier molecular flexibility index (Phi) is 3.82. The van der Waals surface area contributed by atoms with Gasteiger partial charge in [-0.1, -0.05) is 31.9 Å². The fourth-order valence-electron chi connectivity index (χ4n) is 1.41. The largest absolute Gasteiger partial charge is 0.354 e. The van der Waals surface area contributed by atoms with Gasteiger partial charge in [-0.3, -0.25) is 0 Å². The number of nitriles is 1. The molecule has 0 aliphatic rings. The van der Waals surface area contributed by atoms with E-state index in [2.05, 4.69) is 43.2 Å². The predicted molar refractivity (Wildman–Crippen MR) is 76.3 cm³/mol. The van der Waals surface area contributed by atoms with E-state index >= 15 is 0 Å². The van der Waals surface area contributed by atoms with Crippen molar-refractivity contribution in [1.82, 2.24) is 0 Å². The summed E-state index contributed by atoms with van der Waals surface area (Å²) in [5.41, 5.74) is 2.37. The monoisotopic (exact) mass is 350 g/mol. The van der Waals surface area contributed by atoms with Gasteiger partial charge in [0.2, 0.25) is 0 Å². The van der Waals surface area contributed by atoms with E-state index in [0.717, 1.165) is 20.3 Å². The number of nitrogens with one attached hydrogen (secondary N) is 1. The van der Waals surface area contributed by atoms with Gasteiger partial charge in [-0.25, -0.2) is 0 Å². The highest BCUT2D eigenvalue weighted by atomic mass is 79.9. The molecule has 0 fully saturated rings. The molecule has 0 aromatic heterocycles. The van der Waals surface area contributed by atoms with Crippen LogP contribution in [-0.2, 0) is 0 Å². The molecule has 0 atom stereocenters. The quantitative estimate of drug-likeness (QED) is 0.841. The Balaban J connectivity index is 2.30. The summed E-state index contributed by atoms with van der Waals surface area (Å²) in [6.07, 6.45) is 0. The first-order chi connectivity index (χ1) is 8.19. The van der Waals surface area contributed by atoms with Crippen molar-refractivity contribution in [1.29, 1.82) is 5.26 Å². The normalized spacial score (nSPS) is 9.71. The van der Waals surface area contributed by atoms with E-state index in [0.29, 0.717) is 5.56 Å². The first-order valence-electron chi connectivity index (χ1n) is 4.91. The number of hydrogen-bond donors (Lipinski definition) is 1. The summed E-state index contributed by atoms with van der Waals surface area (Å²) in [5, 5.41) is 12.3. The van der Waals surface area contributed by atoms with Gasteiger partial charge in [-0.2, -0.15) is 5.26 Å². The third-order valence-electron chi connectivity index (χ3n) is 2.23. The van der Waals surface area contributed by atoms with Crippen molar-refractivity contribution in [3.63, 3.8) is 0 Å². The van der Waals surface area contributed by atoms with Gasteiger partial charge in [-0.05, 0) is 42.5 Å². The molecule has 0 spiro atoms. The van der Waals surface area contributed by atoms with E-state index in [1.165, 1.54) is 0 Å². The Hall–Kier alpha value is -1.31. The van der Waals surface area contributed by atoms with Crippen molar-refractivity contribution >= 4 is 43.2 Å². The molecule has 2 aromatic carbocycles. The molecule has 2 rings (SSSR count). The van der Waals surface area contributed by atoms with Crippen LogP contribution in [0.1, 0.15) is 5.56 Å². The standard InChI is InChI=1S/C13H8Br2N2/c14-10-1-4-12(5-2-10)17-13-6-3-11(15)7-9(13)8-16/h1-7,17H. The summed E-state index contributed by atoms with van der Waals surface area (Å²) < 4.78 is 1.93. The van der Waals surface area contributed by atoms with Gasteiger partial charge in [0.1, 0.15) is 6.07 Å². The molecule has 84 valence electrons. The van der Waals surface area contributed by atoms with Gasteiger partial charge in [0.25, 0.3) is 0 Å². The van der Waals surface area contributed by atoms with Crippen molar-refractivity contribution in [2.24, 2.45) is 0 Å². The highest BCUT2D eigenvalue weighted by molar-refractivity contribution is 9.10. The average Bonchev–Trinajstić information content (AvgIpc) is 2.34. The molecular formula is C13H8Br2N2. The minimum atomic E-state index is 0.613. The van der Waals surface area contributed by atoms with E-state index in [9.17, 15) is 0 Å². The molecule has 2 nitrogen and oxygen atoms in total. The molecule has 2 aromatic rings. The zero-order valence-corrected chi connectivity index (χ0v) is 11.9. The third kappa shape index (κ3) is 3.09. The third-order valence-corrected chi connectivity index (χ3v) is 3.25. The second-order valence-electron chi connectivity index (χ2n) is 3.43. The molecule has 0 radical (unpaired) electrons. The summed E-state index contributed by atoms with van der Waals surface area (Å²) in [6.45, 7) is 0. The van der Waals surface area contributed by atoms with Gasteiger partial charge in [0.15, 0.2) is 0 Å². The van der Waals surface area contributed by atoms with Gasteiger partial charge in [-0.15, -0.1) is 0 Å². The van der Waals surface area contributed by atoms with Crippen molar-refractivity contribution < 1.29 is 0 Å². The van der Waals surface area contributed by atoms with Gasteiger partial charge in [0, 0.05) is 14.6 Å². The molecule has 4 heteroatoms. The molecule has 0 saturated heterocycles. The van der Waals surface area contributed by atoms with Crippen LogP contribution in [0, 0.1) is 11.3 Å². The fraction of sp³-hybridized carbons (Fsp3) is 0. The number of hydrogen-bond acceptors (Lipinski definition) is 2. The van der Waals surface area contributed by atoms with Crippen molar-refractivity contribution in [3.05, 3.63) is 57.0 Å². The lowest BCUT2D eigenvalue weighted by Gasteiger charge is -2.08. The molecule has 0 amide bonds. The van der Waals surface area contributed by atoms with Crippen LogP contribution in [0.2, 0.25) is 0 Å². The Morgan fingerprint density at radius 1 is 0.941 bits per heavy atom. The lowest BCUT2D eigenvalue weighted by Crippen LogP contribution is -1.93. The Labute approximate surface area is 117 Å². The van der Waals surface area contributed by atoms with Gasteiger partial charge < -0.3 is 5.32 Å². The zero-order valence-electron chi connectivity index (χ0n) is 8.74. The highest BCUT2D eigenvalue weighted by Crippen LogP contribution is 2.24.